The van der Waals surface area contributed by atoms with Crippen molar-refractivity contribution < 1.29 is 28.6 Å². The van der Waals surface area contributed by atoms with Crippen LogP contribution in [0.5, 0.6) is 0 Å². The predicted octanol–water partition coefficient (Wildman–Crippen LogP) is 21.6. The Balaban J connectivity index is 4.47. The second kappa shape index (κ2) is 63.3. The van der Waals surface area contributed by atoms with Crippen LogP contribution in [0.25, 0.3) is 0 Å². The van der Waals surface area contributed by atoms with Gasteiger partial charge < -0.3 is 14.2 Å². The summed E-state index contributed by atoms with van der Waals surface area (Å²) in [5.74, 6) is -0.933. The van der Waals surface area contributed by atoms with Crippen molar-refractivity contribution in [2.45, 2.75) is 290 Å². The van der Waals surface area contributed by atoms with E-state index in [1.54, 1.807) is 0 Å². The normalized spacial score (nSPS) is 12.9. The zero-order valence-electron chi connectivity index (χ0n) is 49.5. The van der Waals surface area contributed by atoms with Crippen LogP contribution >= 0.6 is 0 Å². The smallest absolute Gasteiger partial charge is 0.306 e. The average Bonchev–Trinajstić information content (AvgIpc) is 3.42. The monoisotopic (exact) mass is 1050 g/mol. The summed E-state index contributed by atoms with van der Waals surface area (Å²) in [6.45, 7) is 6.46. The van der Waals surface area contributed by atoms with Gasteiger partial charge in [-0.05, 0) is 135 Å². The Morgan fingerprint density at radius 3 is 0.829 bits per heavy atom. The summed E-state index contributed by atoms with van der Waals surface area (Å²) in [6, 6.07) is 0. The zero-order chi connectivity index (χ0) is 55.0. The van der Waals surface area contributed by atoms with Crippen molar-refractivity contribution in [2.75, 3.05) is 13.2 Å². The van der Waals surface area contributed by atoms with E-state index in [1.807, 2.05) is 0 Å². The molecule has 0 bridgehead atoms. The molecule has 6 heteroatoms. The highest BCUT2D eigenvalue weighted by atomic mass is 16.6. The molecule has 0 saturated carbocycles. The van der Waals surface area contributed by atoms with Gasteiger partial charge in [0.15, 0.2) is 6.10 Å². The molecule has 0 aromatic rings. The summed E-state index contributed by atoms with van der Waals surface area (Å²) in [5, 5.41) is 0. The number of carbonyl (C=O) groups excluding carboxylic acids is 3. The summed E-state index contributed by atoms with van der Waals surface area (Å²) in [5.41, 5.74) is 0. The van der Waals surface area contributed by atoms with Crippen molar-refractivity contribution in [1.29, 1.82) is 0 Å². The predicted molar refractivity (Wildman–Crippen MR) is 330 cm³/mol. The molecule has 0 rings (SSSR count). The van der Waals surface area contributed by atoms with E-state index in [9.17, 15) is 14.4 Å². The number of hydrogen-bond acceptors (Lipinski definition) is 6. The van der Waals surface area contributed by atoms with Gasteiger partial charge in [0.25, 0.3) is 0 Å². The van der Waals surface area contributed by atoms with E-state index in [4.69, 9.17) is 14.2 Å². The maximum Gasteiger partial charge on any atom is 0.306 e. The van der Waals surface area contributed by atoms with E-state index in [0.717, 1.165) is 135 Å². The Morgan fingerprint density at radius 1 is 0.276 bits per heavy atom. The quantitative estimate of drug-likeness (QED) is 0.0261. The first-order valence-corrected chi connectivity index (χ1v) is 31.5. The number of ether oxygens (including phenoxy) is 3. The molecule has 76 heavy (non-hydrogen) atoms. The number of esters is 3. The van der Waals surface area contributed by atoms with Crippen LogP contribution < -0.4 is 0 Å². The third-order valence-corrected chi connectivity index (χ3v) is 13.2. The Morgan fingerprint density at radius 2 is 0.513 bits per heavy atom. The van der Waals surface area contributed by atoms with Crippen molar-refractivity contribution in [2.24, 2.45) is 0 Å². The lowest BCUT2D eigenvalue weighted by Gasteiger charge is -2.18. The molecular formula is C70H116O6. The van der Waals surface area contributed by atoms with E-state index in [2.05, 4.69) is 142 Å². The van der Waals surface area contributed by atoms with Crippen molar-refractivity contribution in [3.63, 3.8) is 0 Å². The lowest BCUT2D eigenvalue weighted by Crippen LogP contribution is -2.30. The molecule has 0 saturated heterocycles. The molecule has 0 aliphatic heterocycles. The molecule has 0 N–H and O–H groups in total. The van der Waals surface area contributed by atoms with Crippen LogP contribution in [0.15, 0.2) is 122 Å². The highest BCUT2D eigenvalue weighted by Crippen LogP contribution is 2.15. The summed E-state index contributed by atoms with van der Waals surface area (Å²) < 4.78 is 16.9. The largest absolute Gasteiger partial charge is 0.462 e. The maximum atomic E-state index is 12.9. The molecule has 0 aromatic heterocycles. The molecule has 0 spiro atoms. The minimum Gasteiger partial charge on any atom is -0.462 e. The molecule has 0 aliphatic carbocycles. The van der Waals surface area contributed by atoms with Crippen molar-refractivity contribution in [3.05, 3.63) is 122 Å². The molecule has 0 amide bonds. The SMILES string of the molecule is CC/C=C\C/C=C\C/C=C\C/C=C\C/C=C\C/C=C\CCCCCCC(=O)OCC(COC(=O)CCCCCCCCC/C=C\C/C=C\CCCCC)OC(=O)CCCCCCCCC/C=C\C/C=C\CCCCCC. The topological polar surface area (TPSA) is 78.9 Å². The van der Waals surface area contributed by atoms with E-state index >= 15 is 0 Å². The van der Waals surface area contributed by atoms with Gasteiger partial charge in [-0.1, -0.05) is 251 Å². The van der Waals surface area contributed by atoms with Gasteiger partial charge in [-0.2, -0.15) is 0 Å². The van der Waals surface area contributed by atoms with Crippen LogP contribution in [0.1, 0.15) is 284 Å². The highest BCUT2D eigenvalue weighted by molar-refractivity contribution is 5.71. The Bertz CT molecular complexity index is 1590. The fourth-order valence-electron chi connectivity index (χ4n) is 8.45. The molecule has 432 valence electrons. The van der Waals surface area contributed by atoms with E-state index < -0.39 is 6.10 Å². The Labute approximate surface area is 469 Å². The summed E-state index contributed by atoms with van der Waals surface area (Å²) in [4.78, 5) is 38.3. The van der Waals surface area contributed by atoms with Gasteiger partial charge in [-0.25, -0.2) is 0 Å². The molecule has 1 atom stereocenters. The van der Waals surface area contributed by atoms with Crippen LogP contribution in [-0.2, 0) is 28.6 Å². The van der Waals surface area contributed by atoms with E-state index in [-0.39, 0.29) is 31.1 Å². The van der Waals surface area contributed by atoms with Crippen LogP contribution in [0.2, 0.25) is 0 Å². The van der Waals surface area contributed by atoms with Crippen LogP contribution in [0, 0.1) is 0 Å². The third-order valence-electron chi connectivity index (χ3n) is 13.2. The van der Waals surface area contributed by atoms with Gasteiger partial charge >= 0.3 is 17.9 Å². The molecule has 0 aromatic carbocycles. The highest BCUT2D eigenvalue weighted by Gasteiger charge is 2.19. The molecular weight excluding hydrogens is 937 g/mol. The second-order valence-corrected chi connectivity index (χ2v) is 20.6. The van der Waals surface area contributed by atoms with Crippen LogP contribution in [0.4, 0.5) is 0 Å². The lowest BCUT2D eigenvalue weighted by molar-refractivity contribution is -0.167. The zero-order valence-corrected chi connectivity index (χ0v) is 49.5. The fraction of sp³-hybridized carbons (Fsp3) is 0.671. The number of rotatable bonds is 56. The van der Waals surface area contributed by atoms with Gasteiger partial charge in [-0.3, -0.25) is 14.4 Å². The summed E-state index contributed by atoms with van der Waals surface area (Å²) in [6.07, 6.45) is 87.6. The second-order valence-electron chi connectivity index (χ2n) is 20.6. The first kappa shape index (κ1) is 71.8. The number of unbranched alkanes of at least 4 members (excludes halogenated alkanes) is 25. The average molecular weight is 1050 g/mol. The van der Waals surface area contributed by atoms with E-state index in [0.29, 0.717) is 19.3 Å². The first-order valence-electron chi connectivity index (χ1n) is 31.5. The molecule has 0 radical (unpaired) electrons. The van der Waals surface area contributed by atoms with Gasteiger partial charge in [0.2, 0.25) is 0 Å². The first-order chi connectivity index (χ1) is 37.5. The number of hydrogen-bond donors (Lipinski definition) is 0. The fourth-order valence-corrected chi connectivity index (χ4v) is 8.45. The molecule has 0 heterocycles. The van der Waals surface area contributed by atoms with Gasteiger partial charge in [-0.15, -0.1) is 0 Å². The van der Waals surface area contributed by atoms with Gasteiger partial charge in [0, 0.05) is 19.3 Å². The minimum absolute atomic E-state index is 0.0961. The molecule has 0 fully saturated rings. The maximum absolute atomic E-state index is 12.9. The third kappa shape index (κ3) is 60.7. The number of allylic oxidation sites excluding steroid dienone is 20. The van der Waals surface area contributed by atoms with E-state index in [1.165, 1.54) is 109 Å². The summed E-state index contributed by atoms with van der Waals surface area (Å²) >= 11 is 0. The molecule has 0 aliphatic rings. The van der Waals surface area contributed by atoms with Gasteiger partial charge in [0.05, 0.1) is 0 Å². The van der Waals surface area contributed by atoms with Crippen molar-refractivity contribution in [1.82, 2.24) is 0 Å². The Hall–Kier alpha value is -4.19. The minimum atomic E-state index is -0.802. The van der Waals surface area contributed by atoms with Crippen LogP contribution in [-0.4, -0.2) is 37.2 Å². The standard InChI is InChI=1S/C70H116O6/c1-4-7-10-13-16-19-22-25-28-31-33-34-35-36-37-40-42-45-48-51-54-57-60-63-69(72)75-66-67(65-74-68(71)62-59-56-53-50-47-44-41-38-30-27-24-21-18-15-12-9-6-3)76-70(73)64-61-58-55-52-49-46-43-39-32-29-26-23-20-17-14-11-8-5-2/h7,10,16,18-21,23,25,27-30,32-34,36-37,42,45,67H,4-6,8-9,11-15,17,22,24,26,31,35,38-41,43-44,46-66H2,1-3H3/b10-7-,19-16-,21-18-,23-20-,28-25-,30-27-,32-29-,34-33-,37-36-,45-42-. The number of carbonyl (C=O) groups is 3. The van der Waals surface area contributed by atoms with Crippen LogP contribution in [0.3, 0.4) is 0 Å². The lowest BCUT2D eigenvalue weighted by atomic mass is 10.1. The summed E-state index contributed by atoms with van der Waals surface area (Å²) in [7, 11) is 0. The van der Waals surface area contributed by atoms with Crippen molar-refractivity contribution >= 4 is 17.9 Å². The van der Waals surface area contributed by atoms with Gasteiger partial charge in [0.1, 0.15) is 13.2 Å². The molecule has 6 nitrogen and oxygen atoms in total. The van der Waals surface area contributed by atoms with Crippen molar-refractivity contribution in [3.8, 4) is 0 Å². The molecule has 1 unspecified atom stereocenters. The Kier molecular flexibility index (Phi) is 59.9.